The second kappa shape index (κ2) is 7.77. The second-order valence-electron chi connectivity index (χ2n) is 6.69. The van der Waals surface area contributed by atoms with Gasteiger partial charge in [-0.15, -0.1) is 0 Å². The summed E-state index contributed by atoms with van der Waals surface area (Å²) in [5.74, 6) is 0.718. The summed E-state index contributed by atoms with van der Waals surface area (Å²) in [7, 11) is 0. The van der Waals surface area contributed by atoms with Crippen LogP contribution < -0.4 is 5.32 Å². The third kappa shape index (κ3) is 4.10. The molecule has 1 aliphatic heterocycles. The molecule has 1 saturated carbocycles. The fourth-order valence-corrected chi connectivity index (χ4v) is 3.85. The lowest BCUT2D eigenvalue weighted by atomic mass is 9.81. The number of ether oxygens (including phenoxy) is 1. The maximum Gasteiger partial charge on any atom is 0.223 e. The molecule has 120 valence electrons. The molecule has 1 heterocycles. The summed E-state index contributed by atoms with van der Waals surface area (Å²) in [5.41, 5.74) is 1.25. The van der Waals surface area contributed by atoms with Crippen LogP contribution in [-0.4, -0.2) is 18.6 Å². The Morgan fingerprint density at radius 2 is 1.86 bits per heavy atom. The molecule has 1 aliphatic carbocycles. The summed E-state index contributed by atoms with van der Waals surface area (Å²) in [6.45, 7) is 0.808. The van der Waals surface area contributed by atoms with Crippen molar-refractivity contribution in [3.05, 3.63) is 35.9 Å². The van der Waals surface area contributed by atoms with Crippen molar-refractivity contribution >= 4 is 5.91 Å². The Hall–Kier alpha value is -1.35. The second-order valence-corrected chi connectivity index (χ2v) is 6.69. The predicted octanol–water partition coefficient (Wildman–Crippen LogP) is 3.99. The lowest BCUT2D eigenvalue weighted by Gasteiger charge is -2.31. The van der Waals surface area contributed by atoms with Crippen molar-refractivity contribution < 1.29 is 9.53 Å². The highest BCUT2D eigenvalue weighted by atomic mass is 16.5. The van der Waals surface area contributed by atoms with Gasteiger partial charge in [-0.05, 0) is 37.2 Å². The van der Waals surface area contributed by atoms with Gasteiger partial charge in [-0.3, -0.25) is 4.79 Å². The van der Waals surface area contributed by atoms with E-state index in [-0.39, 0.29) is 18.1 Å². The molecule has 22 heavy (non-hydrogen) atoms. The van der Waals surface area contributed by atoms with Gasteiger partial charge in [-0.2, -0.15) is 0 Å². The van der Waals surface area contributed by atoms with Crippen LogP contribution in [0.2, 0.25) is 0 Å². The van der Waals surface area contributed by atoms with E-state index in [1.165, 1.54) is 37.7 Å². The van der Waals surface area contributed by atoms with Gasteiger partial charge in [0.15, 0.2) is 0 Å². The van der Waals surface area contributed by atoms with Gasteiger partial charge < -0.3 is 10.1 Å². The van der Waals surface area contributed by atoms with Crippen molar-refractivity contribution in [2.24, 2.45) is 5.92 Å². The monoisotopic (exact) mass is 301 g/mol. The molecule has 0 aromatic heterocycles. The Morgan fingerprint density at radius 3 is 2.55 bits per heavy atom. The smallest absolute Gasteiger partial charge is 0.223 e. The topological polar surface area (TPSA) is 38.3 Å². The fraction of sp³-hybridized carbons (Fsp3) is 0.632. The van der Waals surface area contributed by atoms with E-state index in [0.29, 0.717) is 12.3 Å². The van der Waals surface area contributed by atoms with Crippen LogP contribution in [0.15, 0.2) is 30.3 Å². The van der Waals surface area contributed by atoms with E-state index < -0.39 is 0 Å². The molecule has 2 atom stereocenters. The summed E-state index contributed by atoms with van der Waals surface area (Å²) in [6.07, 6.45) is 9.10. The number of hydrogen-bond donors (Lipinski definition) is 1. The number of benzene rings is 1. The zero-order chi connectivity index (χ0) is 15.2. The molecular formula is C19H27NO2. The van der Waals surface area contributed by atoms with Gasteiger partial charge in [0, 0.05) is 6.61 Å². The molecule has 0 spiro atoms. The van der Waals surface area contributed by atoms with Crippen molar-refractivity contribution in [2.45, 2.75) is 63.5 Å². The van der Waals surface area contributed by atoms with Crippen molar-refractivity contribution in [1.82, 2.24) is 5.32 Å². The molecule has 1 aromatic rings. The van der Waals surface area contributed by atoms with Crippen LogP contribution in [0, 0.1) is 5.92 Å². The molecule has 1 saturated heterocycles. The average Bonchev–Trinajstić information content (AvgIpc) is 3.07. The first kappa shape index (κ1) is 15.5. The van der Waals surface area contributed by atoms with Gasteiger partial charge >= 0.3 is 0 Å². The normalized spacial score (nSPS) is 24.1. The summed E-state index contributed by atoms with van der Waals surface area (Å²) >= 11 is 0. The fourth-order valence-electron chi connectivity index (χ4n) is 3.85. The van der Waals surface area contributed by atoms with E-state index in [1.807, 2.05) is 6.07 Å². The third-order valence-corrected chi connectivity index (χ3v) is 5.03. The number of carbonyl (C=O) groups excluding carboxylic acids is 1. The number of hydrogen-bond acceptors (Lipinski definition) is 2. The lowest BCUT2D eigenvalue weighted by molar-refractivity contribution is -0.124. The first-order valence-corrected chi connectivity index (χ1v) is 8.79. The standard InChI is InChI=1S/C19H27NO2/c21-18(14-17-12-7-13-22-17)20-19(15-8-3-1-4-9-15)16-10-5-2-6-11-16/h1,3-4,8-9,16-17,19H,2,5-7,10-14H2,(H,20,21)/t17-,19-/m1/s1. The molecule has 2 fully saturated rings. The minimum Gasteiger partial charge on any atom is -0.378 e. The predicted molar refractivity (Wildman–Crippen MR) is 87.5 cm³/mol. The Balaban J connectivity index is 1.66. The average molecular weight is 301 g/mol. The zero-order valence-electron chi connectivity index (χ0n) is 13.3. The highest BCUT2D eigenvalue weighted by Gasteiger charge is 2.27. The Labute approximate surface area is 133 Å². The van der Waals surface area contributed by atoms with E-state index in [1.54, 1.807) is 0 Å². The van der Waals surface area contributed by atoms with Crippen LogP contribution in [0.4, 0.5) is 0 Å². The zero-order valence-corrected chi connectivity index (χ0v) is 13.3. The maximum atomic E-state index is 12.4. The van der Waals surface area contributed by atoms with E-state index in [9.17, 15) is 4.79 Å². The van der Waals surface area contributed by atoms with E-state index >= 15 is 0 Å². The first-order valence-electron chi connectivity index (χ1n) is 8.79. The third-order valence-electron chi connectivity index (χ3n) is 5.03. The molecule has 1 amide bonds. The molecule has 1 N–H and O–H groups in total. The number of carbonyl (C=O) groups is 1. The molecule has 0 bridgehead atoms. The molecular weight excluding hydrogens is 274 g/mol. The number of amides is 1. The maximum absolute atomic E-state index is 12.4. The van der Waals surface area contributed by atoms with Gasteiger partial charge in [-0.25, -0.2) is 0 Å². The van der Waals surface area contributed by atoms with Gasteiger partial charge in [0.2, 0.25) is 5.91 Å². The Bertz CT molecular complexity index is 462. The van der Waals surface area contributed by atoms with Crippen LogP contribution in [-0.2, 0) is 9.53 Å². The number of rotatable bonds is 5. The van der Waals surface area contributed by atoms with Gasteiger partial charge in [0.05, 0.1) is 18.6 Å². The largest absolute Gasteiger partial charge is 0.378 e. The lowest BCUT2D eigenvalue weighted by Crippen LogP contribution is -2.36. The SMILES string of the molecule is O=C(C[C@H]1CCCO1)N[C@H](c1ccccc1)C1CCCCC1. The molecule has 3 heteroatoms. The van der Waals surface area contributed by atoms with E-state index in [2.05, 4.69) is 29.6 Å². The summed E-state index contributed by atoms with van der Waals surface area (Å²) in [4.78, 5) is 12.4. The minimum atomic E-state index is 0.128. The van der Waals surface area contributed by atoms with Crippen molar-refractivity contribution in [2.75, 3.05) is 6.61 Å². The Morgan fingerprint density at radius 1 is 1.09 bits per heavy atom. The van der Waals surface area contributed by atoms with Crippen LogP contribution in [0.25, 0.3) is 0 Å². The van der Waals surface area contributed by atoms with Gasteiger partial charge in [0.25, 0.3) is 0 Å². The highest BCUT2D eigenvalue weighted by molar-refractivity contribution is 5.77. The molecule has 1 aromatic carbocycles. The van der Waals surface area contributed by atoms with Gasteiger partial charge in [-0.1, -0.05) is 49.6 Å². The van der Waals surface area contributed by atoms with Crippen molar-refractivity contribution in [1.29, 1.82) is 0 Å². The van der Waals surface area contributed by atoms with Crippen LogP contribution in [0.3, 0.4) is 0 Å². The Kier molecular flexibility index (Phi) is 5.49. The van der Waals surface area contributed by atoms with Crippen molar-refractivity contribution in [3.63, 3.8) is 0 Å². The molecule has 3 nitrogen and oxygen atoms in total. The number of nitrogens with one attached hydrogen (secondary N) is 1. The summed E-state index contributed by atoms with van der Waals surface area (Å²) in [6, 6.07) is 10.6. The van der Waals surface area contributed by atoms with Crippen molar-refractivity contribution in [3.8, 4) is 0 Å². The quantitative estimate of drug-likeness (QED) is 0.893. The molecule has 0 radical (unpaired) electrons. The molecule has 2 aliphatic rings. The first-order chi connectivity index (χ1) is 10.8. The minimum absolute atomic E-state index is 0.128. The highest BCUT2D eigenvalue weighted by Crippen LogP contribution is 2.34. The summed E-state index contributed by atoms with van der Waals surface area (Å²) in [5, 5.41) is 3.31. The van der Waals surface area contributed by atoms with Gasteiger partial charge in [0.1, 0.15) is 0 Å². The summed E-state index contributed by atoms with van der Waals surface area (Å²) < 4.78 is 5.60. The van der Waals surface area contributed by atoms with E-state index in [0.717, 1.165) is 19.4 Å². The van der Waals surface area contributed by atoms with Crippen LogP contribution >= 0.6 is 0 Å². The van der Waals surface area contributed by atoms with Crippen LogP contribution in [0.5, 0.6) is 0 Å². The molecule has 0 unspecified atom stereocenters. The van der Waals surface area contributed by atoms with E-state index in [4.69, 9.17) is 4.74 Å². The molecule has 3 rings (SSSR count). The van der Waals surface area contributed by atoms with Crippen LogP contribution in [0.1, 0.15) is 63.0 Å².